The summed E-state index contributed by atoms with van der Waals surface area (Å²) in [6.07, 6.45) is 3.78. The molecule has 1 N–H and O–H groups in total. The van der Waals surface area contributed by atoms with E-state index in [1.165, 1.54) is 7.11 Å². The number of nitrogens with one attached hydrogen (secondary N) is 1. The fraction of sp³-hybridized carbons (Fsp3) is 0.147. The zero-order chi connectivity index (χ0) is 28.3. The number of hydrogen-bond acceptors (Lipinski definition) is 5. The van der Waals surface area contributed by atoms with Crippen LogP contribution in [-0.4, -0.2) is 35.5 Å². The lowest BCUT2D eigenvalue weighted by molar-refractivity contribution is -0.122. The van der Waals surface area contributed by atoms with Crippen LogP contribution in [0.15, 0.2) is 103 Å². The van der Waals surface area contributed by atoms with Crippen LogP contribution >= 0.6 is 11.6 Å². The van der Waals surface area contributed by atoms with E-state index in [0.29, 0.717) is 33.1 Å². The first kappa shape index (κ1) is 25.3. The van der Waals surface area contributed by atoms with Crippen LogP contribution in [-0.2, 0) is 10.2 Å². The van der Waals surface area contributed by atoms with Crippen molar-refractivity contribution in [3.05, 3.63) is 136 Å². The second-order valence-electron chi connectivity index (χ2n) is 10.5. The third-order valence-corrected chi connectivity index (χ3v) is 8.94. The van der Waals surface area contributed by atoms with Crippen LogP contribution in [0, 0.1) is 5.92 Å². The third kappa shape index (κ3) is 3.54. The van der Waals surface area contributed by atoms with E-state index in [-0.39, 0.29) is 17.5 Å². The molecule has 4 atom stereocenters. The van der Waals surface area contributed by atoms with Gasteiger partial charge in [0.25, 0.3) is 0 Å². The number of fused-ring (bicyclic) bond motifs is 6. The minimum atomic E-state index is -1.40. The zero-order valence-corrected chi connectivity index (χ0v) is 22.8. The van der Waals surface area contributed by atoms with Gasteiger partial charge in [0.1, 0.15) is 17.2 Å². The fourth-order valence-corrected chi connectivity index (χ4v) is 7.17. The summed E-state index contributed by atoms with van der Waals surface area (Å²) in [4.78, 5) is 45.8. The monoisotopic (exact) mass is 560 g/mol. The van der Waals surface area contributed by atoms with Crippen molar-refractivity contribution in [1.82, 2.24) is 4.90 Å². The molecule has 7 heteroatoms. The molecule has 1 amide bonds. The maximum atomic E-state index is 14.8. The lowest BCUT2D eigenvalue weighted by atomic mass is 9.62. The van der Waals surface area contributed by atoms with Crippen LogP contribution in [0.4, 0.5) is 5.69 Å². The Morgan fingerprint density at radius 3 is 2.49 bits per heavy atom. The number of hydrogen-bond donors (Lipinski definition) is 1. The van der Waals surface area contributed by atoms with Gasteiger partial charge in [-0.1, -0.05) is 78.3 Å². The van der Waals surface area contributed by atoms with Crippen LogP contribution < -0.4 is 10.1 Å². The van der Waals surface area contributed by atoms with E-state index in [4.69, 9.17) is 16.3 Å². The van der Waals surface area contributed by atoms with Crippen molar-refractivity contribution in [3.8, 4) is 5.75 Å². The highest BCUT2D eigenvalue weighted by atomic mass is 35.5. The van der Waals surface area contributed by atoms with E-state index in [0.717, 1.165) is 11.1 Å². The smallest absolute Gasteiger partial charge is 0.238 e. The number of carbonyl (C=O) groups is 3. The van der Waals surface area contributed by atoms with Crippen molar-refractivity contribution in [3.63, 3.8) is 0 Å². The summed E-state index contributed by atoms with van der Waals surface area (Å²) in [6.45, 7) is 0. The first-order valence-corrected chi connectivity index (χ1v) is 13.8. The maximum Gasteiger partial charge on any atom is 0.238 e. The molecule has 7 rings (SSSR count). The Morgan fingerprint density at radius 2 is 1.66 bits per heavy atom. The van der Waals surface area contributed by atoms with E-state index >= 15 is 0 Å². The molecule has 41 heavy (non-hydrogen) atoms. The second-order valence-corrected chi connectivity index (χ2v) is 10.9. The minimum absolute atomic E-state index is 0.292. The highest BCUT2D eigenvalue weighted by Crippen LogP contribution is 2.62. The summed E-state index contributed by atoms with van der Waals surface area (Å²) in [5.41, 5.74) is 2.40. The molecule has 0 radical (unpaired) electrons. The first-order valence-electron chi connectivity index (χ1n) is 13.4. The largest absolute Gasteiger partial charge is 0.497 e. The quantitative estimate of drug-likeness (QED) is 0.289. The van der Waals surface area contributed by atoms with Gasteiger partial charge in [0.15, 0.2) is 11.6 Å². The van der Waals surface area contributed by atoms with Crippen LogP contribution in [0.2, 0.25) is 5.02 Å². The molecule has 3 aliphatic heterocycles. The molecule has 3 heterocycles. The summed E-state index contributed by atoms with van der Waals surface area (Å²) in [5, 5.41) is 3.35. The Bertz CT molecular complexity index is 1780. The van der Waals surface area contributed by atoms with E-state index in [1.54, 1.807) is 48.5 Å². The molecule has 4 aromatic rings. The molecule has 4 aromatic carbocycles. The molecule has 6 nitrogen and oxygen atoms in total. The lowest BCUT2D eigenvalue weighted by Crippen LogP contribution is -2.49. The van der Waals surface area contributed by atoms with Gasteiger partial charge < -0.3 is 15.0 Å². The number of ketones is 2. The number of methoxy groups -OCH3 is 1. The highest BCUT2D eigenvalue weighted by Gasteiger charge is 2.70. The summed E-state index contributed by atoms with van der Waals surface area (Å²) in [6, 6.07) is 27.3. The molecular weight excluding hydrogens is 536 g/mol. The Kier molecular flexibility index (Phi) is 5.84. The van der Waals surface area contributed by atoms with Crippen LogP contribution in [0.5, 0.6) is 5.75 Å². The average Bonchev–Trinajstić information content (AvgIpc) is 3.49. The molecule has 0 aliphatic carbocycles. The van der Waals surface area contributed by atoms with Gasteiger partial charge >= 0.3 is 0 Å². The Hall–Kier alpha value is -4.68. The molecule has 1 fully saturated rings. The number of benzene rings is 4. The predicted molar refractivity (Wildman–Crippen MR) is 157 cm³/mol. The summed E-state index contributed by atoms with van der Waals surface area (Å²) in [5.74, 6) is -1.52. The SMILES string of the molecule is COc1cccc(C(=O)[C@@H]2[C@@H](C(=O)c3ccccc3Cl)N3C=Cc4ccccc4[C@@H]3[C@]23C(=O)Nc2ccccc23)c1. The van der Waals surface area contributed by atoms with Crippen LogP contribution in [0.25, 0.3) is 6.08 Å². The second kappa shape index (κ2) is 9.46. The fourth-order valence-electron chi connectivity index (χ4n) is 6.94. The molecule has 3 aliphatic rings. The molecular formula is C34H25ClN2O4. The van der Waals surface area contributed by atoms with Crippen molar-refractivity contribution >= 4 is 40.8 Å². The van der Waals surface area contributed by atoms with Gasteiger partial charge in [-0.05, 0) is 53.1 Å². The number of anilines is 1. The van der Waals surface area contributed by atoms with Gasteiger partial charge in [-0.25, -0.2) is 0 Å². The lowest BCUT2D eigenvalue weighted by Gasteiger charge is -2.38. The van der Waals surface area contributed by atoms with Crippen molar-refractivity contribution in [1.29, 1.82) is 0 Å². The highest BCUT2D eigenvalue weighted by molar-refractivity contribution is 6.34. The number of halogens is 1. The third-order valence-electron chi connectivity index (χ3n) is 8.62. The number of para-hydroxylation sites is 1. The minimum Gasteiger partial charge on any atom is -0.497 e. The van der Waals surface area contributed by atoms with Gasteiger partial charge in [-0.2, -0.15) is 0 Å². The maximum absolute atomic E-state index is 14.8. The molecule has 0 bridgehead atoms. The normalized spacial score (nSPS) is 23.5. The van der Waals surface area contributed by atoms with Gasteiger partial charge in [0.05, 0.1) is 24.1 Å². The Labute approximate surface area is 242 Å². The molecule has 0 aromatic heterocycles. The summed E-state index contributed by atoms with van der Waals surface area (Å²) in [7, 11) is 1.53. The molecule has 1 spiro atoms. The number of rotatable bonds is 5. The topological polar surface area (TPSA) is 75.7 Å². The van der Waals surface area contributed by atoms with E-state index < -0.39 is 23.4 Å². The van der Waals surface area contributed by atoms with E-state index in [2.05, 4.69) is 5.32 Å². The molecule has 1 saturated heterocycles. The Morgan fingerprint density at radius 1 is 0.902 bits per heavy atom. The number of ether oxygens (including phenoxy) is 1. The number of nitrogens with zero attached hydrogens (tertiary/aromatic N) is 1. The number of carbonyl (C=O) groups excluding carboxylic acids is 3. The number of Topliss-reactive ketones (excluding diaryl/α,β-unsaturated/α-hetero) is 2. The predicted octanol–water partition coefficient (Wildman–Crippen LogP) is 6.33. The van der Waals surface area contributed by atoms with Gasteiger partial charge in [-0.3, -0.25) is 14.4 Å². The van der Waals surface area contributed by atoms with Crippen LogP contribution in [0.3, 0.4) is 0 Å². The van der Waals surface area contributed by atoms with Crippen molar-refractivity contribution in [2.45, 2.75) is 17.5 Å². The van der Waals surface area contributed by atoms with Gasteiger partial charge in [-0.15, -0.1) is 0 Å². The van der Waals surface area contributed by atoms with E-state index in [1.807, 2.05) is 65.7 Å². The molecule has 202 valence electrons. The Balaban J connectivity index is 1.55. The summed E-state index contributed by atoms with van der Waals surface area (Å²) < 4.78 is 5.42. The van der Waals surface area contributed by atoms with Gasteiger partial charge in [0, 0.05) is 23.0 Å². The average molecular weight is 561 g/mol. The first-order chi connectivity index (χ1) is 20.0. The zero-order valence-electron chi connectivity index (χ0n) is 22.1. The number of amides is 1. The summed E-state index contributed by atoms with van der Waals surface area (Å²) >= 11 is 6.56. The van der Waals surface area contributed by atoms with Crippen molar-refractivity contribution in [2.75, 3.05) is 12.4 Å². The van der Waals surface area contributed by atoms with Crippen molar-refractivity contribution < 1.29 is 19.1 Å². The van der Waals surface area contributed by atoms with E-state index in [9.17, 15) is 14.4 Å². The molecule has 0 saturated carbocycles. The van der Waals surface area contributed by atoms with Crippen LogP contribution in [0.1, 0.15) is 43.4 Å². The molecule has 0 unspecified atom stereocenters. The van der Waals surface area contributed by atoms with Crippen molar-refractivity contribution in [2.24, 2.45) is 5.92 Å². The standard InChI is InChI=1S/C34H25ClN2O4/c1-41-22-11-8-10-21(19-22)30(38)28-29(31(39)24-13-4-6-15-26(24)35)37-18-17-20-9-2-3-12-23(20)32(37)34(28)25-14-5-7-16-27(25)36-33(34)40/h2-19,28-29,32H,1H3,(H,36,40)/t28-,29-,32+,34+/m0/s1. The van der Waals surface area contributed by atoms with Gasteiger partial charge in [0.2, 0.25) is 5.91 Å².